The van der Waals surface area contributed by atoms with E-state index in [1.54, 1.807) is 0 Å². The predicted octanol–water partition coefficient (Wildman–Crippen LogP) is 0.358. The number of amides is 1. The van der Waals surface area contributed by atoms with E-state index in [2.05, 4.69) is 10.2 Å². The third-order valence-corrected chi connectivity index (χ3v) is 2.44. The van der Waals surface area contributed by atoms with Gasteiger partial charge in [-0.3, -0.25) is 9.69 Å². The summed E-state index contributed by atoms with van der Waals surface area (Å²) in [6, 6.07) is 0. The molecule has 0 atom stereocenters. The molecule has 0 aromatic carbocycles. The third-order valence-electron chi connectivity index (χ3n) is 2.44. The molecular weight excluding hydrogens is 192 g/mol. The Morgan fingerprint density at radius 3 is 2.40 bits per heavy atom. The number of hydrogen-bond acceptors (Lipinski definition) is 3. The van der Waals surface area contributed by atoms with Crippen LogP contribution in [0, 0.1) is 0 Å². The lowest BCUT2D eigenvalue weighted by molar-refractivity contribution is -0.124. The Labute approximate surface area is 91.6 Å². The second-order valence-corrected chi connectivity index (χ2v) is 5.31. The highest BCUT2D eigenvalue weighted by molar-refractivity contribution is 5.78. The van der Waals surface area contributed by atoms with Gasteiger partial charge in [0.05, 0.1) is 12.6 Å². The monoisotopic (exact) mass is 214 g/mol. The van der Waals surface area contributed by atoms with Gasteiger partial charge in [0.2, 0.25) is 5.91 Å². The maximum absolute atomic E-state index is 11.6. The Morgan fingerprint density at radius 2 is 1.93 bits per heavy atom. The first kappa shape index (κ1) is 12.5. The van der Waals surface area contributed by atoms with Crippen molar-refractivity contribution in [2.45, 2.75) is 45.3 Å². The number of likely N-dealkylation sites (tertiary alicyclic amines) is 1. The van der Waals surface area contributed by atoms with Gasteiger partial charge in [0.1, 0.15) is 0 Å². The van der Waals surface area contributed by atoms with E-state index in [9.17, 15) is 9.90 Å². The minimum Gasteiger partial charge on any atom is -0.393 e. The summed E-state index contributed by atoms with van der Waals surface area (Å²) in [4.78, 5) is 13.7. The van der Waals surface area contributed by atoms with Crippen LogP contribution in [0.5, 0.6) is 0 Å². The van der Waals surface area contributed by atoms with Crippen LogP contribution in [-0.2, 0) is 4.79 Å². The number of aliphatic hydroxyl groups is 1. The topological polar surface area (TPSA) is 52.6 Å². The Hall–Kier alpha value is -0.610. The molecule has 1 amide bonds. The molecule has 1 aliphatic rings. The van der Waals surface area contributed by atoms with Crippen LogP contribution in [0.25, 0.3) is 0 Å². The van der Waals surface area contributed by atoms with Crippen LogP contribution in [0.4, 0.5) is 0 Å². The van der Waals surface area contributed by atoms with Crippen LogP contribution in [0.1, 0.15) is 33.6 Å². The predicted molar refractivity (Wildman–Crippen MR) is 59.6 cm³/mol. The number of hydrogen-bond donors (Lipinski definition) is 2. The van der Waals surface area contributed by atoms with Crippen molar-refractivity contribution in [1.29, 1.82) is 0 Å². The molecule has 0 bridgehead atoms. The van der Waals surface area contributed by atoms with E-state index in [0.717, 1.165) is 25.9 Å². The fourth-order valence-electron chi connectivity index (χ4n) is 1.74. The fraction of sp³-hybridized carbons (Fsp3) is 0.909. The van der Waals surface area contributed by atoms with E-state index < -0.39 is 0 Å². The normalized spacial score (nSPS) is 20.3. The Balaban J connectivity index is 2.27. The summed E-state index contributed by atoms with van der Waals surface area (Å²) in [6.07, 6.45) is 1.39. The quantitative estimate of drug-likeness (QED) is 0.698. The maximum atomic E-state index is 11.6. The van der Waals surface area contributed by atoms with Crippen LogP contribution in [0.2, 0.25) is 0 Å². The second kappa shape index (κ2) is 4.94. The zero-order valence-corrected chi connectivity index (χ0v) is 9.92. The lowest BCUT2D eigenvalue weighted by Gasteiger charge is -2.30. The maximum Gasteiger partial charge on any atom is 0.234 e. The van der Waals surface area contributed by atoms with Gasteiger partial charge in [0.25, 0.3) is 0 Å². The van der Waals surface area contributed by atoms with Crippen LogP contribution >= 0.6 is 0 Å². The summed E-state index contributed by atoms with van der Waals surface area (Å²) >= 11 is 0. The van der Waals surface area contributed by atoms with E-state index >= 15 is 0 Å². The first-order valence-corrected chi connectivity index (χ1v) is 5.58. The number of aliphatic hydroxyl groups excluding tert-OH is 1. The summed E-state index contributed by atoms with van der Waals surface area (Å²) in [5, 5.41) is 12.3. The molecule has 1 rings (SSSR count). The molecule has 0 aliphatic carbocycles. The van der Waals surface area contributed by atoms with Crippen molar-refractivity contribution in [3.05, 3.63) is 0 Å². The molecule has 0 aromatic heterocycles. The highest BCUT2D eigenvalue weighted by atomic mass is 16.3. The van der Waals surface area contributed by atoms with Crippen molar-refractivity contribution in [2.24, 2.45) is 0 Å². The van der Waals surface area contributed by atoms with Gasteiger partial charge in [-0.25, -0.2) is 0 Å². The third kappa shape index (κ3) is 5.14. The number of rotatable bonds is 2. The highest BCUT2D eigenvalue weighted by Gasteiger charge is 2.20. The molecule has 0 spiro atoms. The Bertz CT molecular complexity index is 215. The largest absolute Gasteiger partial charge is 0.393 e. The molecule has 0 unspecified atom stereocenters. The van der Waals surface area contributed by atoms with Crippen molar-refractivity contribution >= 4 is 5.91 Å². The van der Waals surface area contributed by atoms with Crippen molar-refractivity contribution in [3.8, 4) is 0 Å². The number of nitrogens with zero attached hydrogens (tertiary/aromatic N) is 1. The smallest absolute Gasteiger partial charge is 0.234 e. The Kier molecular flexibility index (Phi) is 4.11. The van der Waals surface area contributed by atoms with Gasteiger partial charge in [0.15, 0.2) is 0 Å². The van der Waals surface area contributed by atoms with Gasteiger partial charge in [-0.2, -0.15) is 0 Å². The first-order chi connectivity index (χ1) is 6.87. The number of piperidine rings is 1. The van der Waals surface area contributed by atoms with Crippen LogP contribution < -0.4 is 5.32 Å². The van der Waals surface area contributed by atoms with Crippen LogP contribution in [0.3, 0.4) is 0 Å². The molecule has 1 saturated heterocycles. The lowest BCUT2D eigenvalue weighted by atomic mass is 10.1. The molecule has 1 fully saturated rings. The molecule has 1 heterocycles. The van der Waals surface area contributed by atoms with Gasteiger partial charge < -0.3 is 10.4 Å². The Morgan fingerprint density at radius 1 is 1.40 bits per heavy atom. The average Bonchev–Trinajstić information content (AvgIpc) is 2.05. The van der Waals surface area contributed by atoms with Gasteiger partial charge in [0, 0.05) is 18.6 Å². The van der Waals surface area contributed by atoms with Crippen molar-refractivity contribution < 1.29 is 9.90 Å². The molecule has 4 heteroatoms. The molecule has 15 heavy (non-hydrogen) atoms. The molecule has 0 saturated carbocycles. The van der Waals surface area contributed by atoms with E-state index in [0.29, 0.717) is 6.54 Å². The zero-order chi connectivity index (χ0) is 11.5. The first-order valence-electron chi connectivity index (χ1n) is 5.58. The van der Waals surface area contributed by atoms with Gasteiger partial charge in [-0.05, 0) is 33.6 Å². The van der Waals surface area contributed by atoms with E-state index in [1.165, 1.54) is 0 Å². The lowest BCUT2D eigenvalue weighted by Crippen LogP contribution is -2.47. The summed E-state index contributed by atoms with van der Waals surface area (Å²) in [5.74, 6) is 0.0684. The van der Waals surface area contributed by atoms with E-state index in [4.69, 9.17) is 0 Å². The summed E-state index contributed by atoms with van der Waals surface area (Å²) in [6.45, 7) is 8.02. The molecule has 1 aliphatic heterocycles. The van der Waals surface area contributed by atoms with Crippen LogP contribution in [0.15, 0.2) is 0 Å². The minimum atomic E-state index is -0.174. The summed E-state index contributed by atoms with van der Waals surface area (Å²) < 4.78 is 0. The standard InChI is InChI=1S/C11H22N2O2/c1-11(2,3)12-10(15)8-13-6-4-9(14)5-7-13/h9,14H,4-8H2,1-3H3,(H,12,15). The zero-order valence-electron chi connectivity index (χ0n) is 9.92. The fourth-order valence-corrected chi connectivity index (χ4v) is 1.74. The SMILES string of the molecule is CC(C)(C)NC(=O)CN1CCC(O)CC1. The molecule has 0 radical (unpaired) electrons. The molecule has 2 N–H and O–H groups in total. The highest BCUT2D eigenvalue weighted by Crippen LogP contribution is 2.09. The number of nitrogens with one attached hydrogen (secondary N) is 1. The van der Waals surface area contributed by atoms with Crippen molar-refractivity contribution in [1.82, 2.24) is 10.2 Å². The molecule has 4 nitrogen and oxygen atoms in total. The number of carbonyl (C=O) groups is 1. The average molecular weight is 214 g/mol. The van der Waals surface area contributed by atoms with Gasteiger partial charge in [-0.15, -0.1) is 0 Å². The second-order valence-electron chi connectivity index (χ2n) is 5.31. The minimum absolute atomic E-state index is 0.0684. The van der Waals surface area contributed by atoms with E-state index in [-0.39, 0.29) is 17.6 Å². The summed E-state index contributed by atoms with van der Waals surface area (Å²) in [7, 11) is 0. The van der Waals surface area contributed by atoms with Crippen molar-refractivity contribution in [3.63, 3.8) is 0 Å². The molecule has 88 valence electrons. The van der Waals surface area contributed by atoms with Crippen LogP contribution in [-0.4, -0.2) is 47.2 Å². The van der Waals surface area contributed by atoms with Crippen molar-refractivity contribution in [2.75, 3.05) is 19.6 Å². The number of carbonyl (C=O) groups excluding carboxylic acids is 1. The van der Waals surface area contributed by atoms with Gasteiger partial charge >= 0.3 is 0 Å². The summed E-state index contributed by atoms with van der Waals surface area (Å²) in [5.41, 5.74) is -0.160. The van der Waals surface area contributed by atoms with E-state index in [1.807, 2.05) is 20.8 Å². The van der Waals surface area contributed by atoms with Gasteiger partial charge in [-0.1, -0.05) is 0 Å². The molecular formula is C11H22N2O2. The molecule has 0 aromatic rings.